The van der Waals surface area contributed by atoms with Gasteiger partial charge in [0.2, 0.25) is 17.7 Å². The van der Waals surface area contributed by atoms with E-state index in [0.29, 0.717) is 38.6 Å². The van der Waals surface area contributed by atoms with Crippen LogP contribution < -0.4 is 50.4 Å². The average Bonchev–Trinajstić information content (AvgIpc) is 2.86. The Bertz CT molecular complexity index is 858. The molecule has 16 N–H and O–H groups in total. The second-order valence-electron chi connectivity index (χ2n) is 9.94. The van der Waals surface area contributed by atoms with Crippen molar-refractivity contribution in [3.63, 3.8) is 0 Å². The van der Waals surface area contributed by atoms with E-state index in [1.54, 1.807) is 0 Å². The fourth-order valence-electron chi connectivity index (χ4n) is 3.70. The van der Waals surface area contributed by atoms with Gasteiger partial charge < -0.3 is 55.5 Å². The molecule has 0 saturated carbocycles. The molecular formula is C24H49N11O5. The number of carbonyl (C=O) groups is 4. The summed E-state index contributed by atoms with van der Waals surface area (Å²) >= 11 is 0. The van der Waals surface area contributed by atoms with E-state index in [1.165, 1.54) is 0 Å². The van der Waals surface area contributed by atoms with E-state index in [4.69, 9.17) is 34.4 Å². The van der Waals surface area contributed by atoms with Crippen LogP contribution in [0.2, 0.25) is 0 Å². The molecule has 0 aliphatic heterocycles. The summed E-state index contributed by atoms with van der Waals surface area (Å²) in [6.45, 7) is 4.52. The van der Waals surface area contributed by atoms with Crippen molar-refractivity contribution in [1.29, 1.82) is 0 Å². The van der Waals surface area contributed by atoms with Gasteiger partial charge in [-0.15, -0.1) is 0 Å². The molecule has 0 fully saturated rings. The van der Waals surface area contributed by atoms with Gasteiger partial charge in [-0.3, -0.25) is 24.4 Å². The highest BCUT2D eigenvalue weighted by Gasteiger charge is 2.30. The number of amides is 3. The van der Waals surface area contributed by atoms with E-state index in [9.17, 15) is 24.3 Å². The first-order chi connectivity index (χ1) is 18.8. The lowest BCUT2D eigenvalue weighted by atomic mass is 10.0. The van der Waals surface area contributed by atoms with Gasteiger partial charge in [0.25, 0.3) is 0 Å². The predicted octanol–water partition coefficient (Wildman–Crippen LogP) is -2.87. The number of unbranched alkanes of at least 4 members (excludes halogenated alkanes) is 1. The summed E-state index contributed by atoms with van der Waals surface area (Å²) in [5.74, 6) is -3.30. The number of carboxylic acid groups (broad SMARTS) is 1. The molecule has 3 amide bonds. The number of aliphatic carboxylic acids is 1. The van der Waals surface area contributed by atoms with Crippen LogP contribution in [0.25, 0.3) is 0 Å². The predicted molar refractivity (Wildman–Crippen MR) is 154 cm³/mol. The number of aliphatic imine (C=N–C) groups is 2. The Morgan fingerprint density at radius 2 is 1.15 bits per heavy atom. The third-order valence-electron chi connectivity index (χ3n) is 5.78. The summed E-state index contributed by atoms with van der Waals surface area (Å²) in [5.41, 5.74) is 32.9. The third kappa shape index (κ3) is 17.0. The molecule has 230 valence electrons. The first-order valence-corrected chi connectivity index (χ1v) is 13.5. The molecule has 0 spiro atoms. The standard InChI is InChI=1S/C24H49N11O5/c1-14(2)13-18(22(39)40)35-21(38)17(9-6-12-32-24(29)30)34-20(37)16(8-5-11-31-23(27)28)33-19(36)15(26)7-3-4-10-25/h14-18H,3-13,25-26H2,1-2H3,(H,33,36)(H,34,37)(H,35,38)(H,39,40)(H4,27,28,31)(H4,29,30,32). The van der Waals surface area contributed by atoms with Gasteiger partial charge in [0, 0.05) is 13.1 Å². The number of hydrogen-bond acceptors (Lipinski definition) is 8. The van der Waals surface area contributed by atoms with Crippen LogP contribution in [0.4, 0.5) is 0 Å². The Kier molecular flexibility index (Phi) is 18.4. The number of rotatable bonds is 21. The zero-order valence-electron chi connectivity index (χ0n) is 23.6. The van der Waals surface area contributed by atoms with Gasteiger partial charge in [-0.1, -0.05) is 20.3 Å². The Labute approximate surface area is 235 Å². The molecule has 0 aliphatic carbocycles. The fraction of sp³-hybridized carbons (Fsp3) is 0.750. The van der Waals surface area contributed by atoms with Crippen molar-refractivity contribution in [2.45, 2.75) is 89.4 Å². The zero-order valence-corrected chi connectivity index (χ0v) is 23.6. The number of hydrogen-bond donors (Lipinski definition) is 10. The quantitative estimate of drug-likeness (QED) is 0.0379. The van der Waals surface area contributed by atoms with Crippen LogP contribution >= 0.6 is 0 Å². The first-order valence-electron chi connectivity index (χ1n) is 13.5. The molecule has 40 heavy (non-hydrogen) atoms. The molecule has 4 unspecified atom stereocenters. The van der Waals surface area contributed by atoms with Crippen LogP contribution in [0.3, 0.4) is 0 Å². The molecule has 0 bridgehead atoms. The third-order valence-corrected chi connectivity index (χ3v) is 5.78. The van der Waals surface area contributed by atoms with E-state index in [2.05, 4.69) is 25.9 Å². The normalized spacial score (nSPS) is 13.8. The number of nitrogens with one attached hydrogen (secondary N) is 3. The number of guanidine groups is 2. The SMILES string of the molecule is CC(C)CC(NC(=O)C(CCCN=C(N)N)NC(=O)C(CCCN=C(N)N)NC(=O)C(N)CCCCN)C(=O)O. The Morgan fingerprint density at radius 1 is 0.700 bits per heavy atom. The minimum Gasteiger partial charge on any atom is -0.480 e. The lowest BCUT2D eigenvalue weighted by Crippen LogP contribution is -2.57. The van der Waals surface area contributed by atoms with E-state index < -0.39 is 47.9 Å². The van der Waals surface area contributed by atoms with Gasteiger partial charge in [0.15, 0.2) is 11.9 Å². The van der Waals surface area contributed by atoms with Crippen molar-refractivity contribution in [3.8, 4) is 0 Å². The lowest BCUT2D eigenvalue weighted by Gasteiger charge is -2.25. The van der Waals surface area contributed by atoms with Crippen LogP contribution in [0.1, 0.15) is 65.2 Å². The maximum Gasteiger partial charge on any atom is 0.326 e. The van der Waals surface area contributed by atoms with Crippen LogP contribution in [0.5, 0.6) is 0 Å². The van der Waals surface area contributed by atoms with Gasteiger partial charge >= 0.3 is 5.97 Å². The molecule has 0 aromatic rings. The summed E-state index contributed by atoms with van der Waals surface area (Å²) in [6.07, 6.45) is 2.84. The molecule has 0 heterocycles. The molecule has 0 aromatic carbocycles. The van der Waals surface area contributed by atoms with Crippen molar-refractivity contribution >= 4 is 35.6 Å². The molecule has 0 aromatic heterocycles. The Morgan fingerprint density at radius 3 is 1.55 bits per heavy atom. The summed E-state index contributed by atoms with van der Waals surface area (Å²) < 4.78 is 0. The van der Waals surface area contributed by atoms with Gasteiger partial charge in [-0.05, 0) is 57.4 Å². The number of carbonyl (C=O) groups excluding carboxylic acids is 3. The molecule has 0 radical (unpaired) electrons. The summed E-state index contributed by atoms with van der Waals surface area (Å²) in [6, 6.07) is -4.18. The first kappa shape index (κ1) is 36.3. The second kappa shape index (κ2) is 20.3. The second-order valence-corrected chi connectivity index (χ2v) is 9.94. The van der Waals surface area contributed by atoms with Crippen molar-refractivity contribution < 1.29 is 24.3 Å². The number of carboxylic acids is 1. The monoisotopic (exact) mass is 571 g/mol. The van der Waals surface area contributed by atoms with Crippen LogP contribution in [0.15, 0.2) is 9.98 Å². The van der Waals surface area contributed by atoms with E-state index >= 15 is 0 Å². The number of nitrogens with two attached hydrogens (primary N) is 6. The van der Waals surface area contributed by atoms with Crippen molar-refractivity contribution in [3.05, 3.63) is 0 Å². The van der Waals surface area contributed by atoms with Crippen LogP contribution in [-0.2, 0) is 19.2 Å². The van der Waals surface area contributed by atoms with Crippen molar-refractivity contribution in [2.24, 2.45) is 50.3 Å². The topological polar surface area (TPSA) is 305 Å². The molecular weight excluding hydrogens is 522 g/mol. The molecule has 16 nitrogen and oxygen atoms in total. The largest absolute Gasteiger partial charge is 0.480 e. The molecule has 0 saturated heterocycles. The van der Waals surface area contributed by atoms with Crippen molar-refractivity contribution in [1.82, 2.24) is 16.0 Å². The van der Waals surface area contributed by atoms with E-state index in [0.717, 1.165) is 0 Å². The maximum absolute atomic E-state index is 13.3. The lowest BCUT2D eigenvalue weighted by molar-refractivity contribution is -0.142. The highest BCUT2D eigenvalue weighted by molar-refractivity contribution is 5.94. The smallest absolute Gasteiger partial charge is 0.326 e. The fourth-order valence-corrected chi connectivity index (χ4v) is 3.70. The highest BCUT2D eigenvalue weighted by atomic mass is 16.4. The van der Waals surface area contributed by atoms with Gasteiger partial charge in [-0.2, -0.15) is 0 Å². The Hall–Kier alpha value is -3.66. The highest BCUT2D eigenvalue weighted by Crippen LogP contribution is 2.08. The summed E-state index contributed by atoms with van der Waals surface area (Å²) in [4.78, 5) is 58.6. The maximum atomic E-state index is 13.3. The van der Waals surface area contributed by atoms with Gasteiger partial charge in [-0.25, -0.2) is 4.79 Å². The average molecular weight is 572 g/mol. The van der Waals surface area contributed by atoms with Crippen LogP contribution in [0, 0.1) is 5.92 Å². The zero-order chi connectivity index (χ0) is 30.7. The molecule has 0 aliphatic rings. The van der Waals surface area contributed by atoms with Gasteiger partial charge in [0.05, 0.1) is 6.04 Å². The minimum absolute atomic E-state index is 0.00446. The molecule has 16 heteroatoms. The molecule has 4 atom stereocenters. The molecule has 0 rings (SSSR count). The number of nitrogens with zero attached hydrogens (tertiary/aromatic N) is 2. The van der Waals surface area contributed by atoms with Crippen LogP contribution in [-0.4, -0.2) is 84.5 Å². The minimum atomic E-state index is -1.19. The van der Waals surface area contributed by atoms with E-state index in [-0.39, 0.29) is 50.2 Å². The van der Waals surface area contributed by atoms with E-state index in [1.807, 2.05) is 13.8 Å². The van der Waals surface area contributed by atoms with Crippen molar-refractivity contribution in [2.75, 3.05) is 19.6 Å². The summed E-state index contributed by atoms with van der Waals surface area (Å²) in [7, 11) is 0. The van der Waals surface area contributed by atoms with Gasteiger partial charge in [0.1, 0.15) is 18.1 Å². The Balaban J connectivity index is 5.73. The summed E-state index contributed by atoms with van der Waals surface area (Å²) in [5, 5.41) is 17.3.